The van der Waals surface area contributed by atoms with E-state index in [0.29, 0.717) is 29.5 Å². The standard InChI is InChI=1S/C24H27N5O2/c1-24(9-10-24)29-22(31)16-3-2-4-18(13-16)27-20-8-7-17(14-19(20)15-5-6-15)21(30)28-23-25-11-12-26-23/h2-4,7-8,13-15,27H,5-6,9-12H2,1H3,(H,29,31)(H2,25,26,28,30). The molecule has 31 heavy (non-hydrogen) atoms. The quantitative estimate of drug-likeness (QED) is 0.580. The Bertz CT molecular complexity index is 1070. The largest absolute Gasteiger partial charge is 0.355 e. The summed E-state index contributed by atoms with van der Waals surface area (Å²) in [5.41, 5.74) is 4.19. The minimum Gasteiger partial charge on any atom is -0.355 e. The zero-order valence-corrected chi connectivity index (χ0v) is 17.6. The summed E-state index contributed by atoms with van der Waals surface area (Å²) in [5.74, 6) is 0.796. The monoisotopic (exact) mass is 417 g/mol. The van der Waals surface area contributed by atoms with Crippen molar-refractivity contribution >= 4 is 29.1 Å². The molecule has 2 amide bonds. The van der Waals surface area contributed by atoms with Crippen LogP contribution in [0.25, 0.3) is 0 Å². The molecule has 0 spiro atoms. The summed E-state index contributed by atoms with van der Waals surface area (Å²) in [6, 6.07) is 13.3. The van der Waals surface area contributed by atoms with Gasteiger partial charge in [0, 0.05) is 34.6 Å². The Kier molecular flexibility index (Phi) is 4.88. The van der Waals surface area contributed by atoms with Crippen LogP contribution in [0.3, 0.4) is 0 Å². The molecule has 2 aliphatic carbocycles. The molecule has 3 aliphatic rings. The normalized spacial score (nSPS) is 18.5. The number of nitrogens with one attached hydrogen (secondary N) is 4. The maximum atomic E-state index is 12.6. The Balaban J connectivity index is 1.33. The number of hydrogen-bond donors (Lipinski definition) is 4. The molecule has 1 aliphatic heterocycles. The Morgan fingerprint density at radius 3 is 2.58 bits per heavy atom. The van der Waals surface area contributed by atoms with Crippen molar-refractivity contribution in [1.29, 1.82) is 0 Å². The molecule has 1 heterocycles. The number of hydrogen-bond acceptors (Lipinski definition) is 5. The molecule has 5 rings (SSSR count). The smallest absolute Gasteiger partial charge is 0.257 e. The Labute approximate surface area is 181 Å². The van der Waals surface area contributed by atoms with E-state index in [9.17, 15) is 9.59 Å². The van der Waals surface area contributed by atoms with Gasteiger partial charge in [0.25, 0.3) is 11.8 Å². The van der Waals surface area contributed by atoms with E-state index in [1.165, 1.54) is 0 Å². The number of carbonyl (C=O) groups is 2. The molecule has 0 bridgehead atoms. The van der Waals surface area contributed by atoms with Crippen molar-refractivity contribution in [2.24, 2.45) is 4.99 Å². The molecule has 0 unspecified atom stereocenters. The van der Waals surface area contributed by atoms with E-state index in [-0.39, 0.29) is 17.4 Å². The van der Waals surface area contributed by atoms with Crippen LogP contribution in [0.15, 0.2) is 47.5 Å². The summed E-state index contributed by atoms with van der Waals surface area (Å²) in [4.78, 5) is 29.4. The van der Waals surface area contributed by atoms with Crippen LogP contribution in [0.1, 0.15) is 64.8 Å². The van der Waals surface area contributed by atoms with Crippen molar-refractivity contribution in [3.8, 4) is 0 Å². The lowest BCUT2D eigenvalue weighted by molar-refractivity contribution is 0.0933. The van der Waals surface area contributed by atoms with Crippen LogP contribution < -0.4 is 21.3 Å². The third-order valence-electron chi connectivity index (χ3n) is 6.06. The second-order valence-corrected chi connectivity index (χ2v) is 8.91. The van der Waals surface area contributed by atoms with E-state index in [0.717, 1.165) is 49.2 Å². The van der Waals surface area contributed by atoms with Gasteiger partial charge in [0.05, 0.1) is 6.54 Å². The molecule has 2 saturated carbocycles. The summed E-state index contributed by atoms with van der Waals surface area (Å²) in [5, 5.41) is 12.4. The molecular formula is C24H27N5O2. The minimum absolute atomic E-state index is 0.0403. The van der Waals surface area contributed by atoms with Gasteiger partial charge in [-0.15, -0.1) is 0 Å². The fourth-order valence-corrected chi connectivity index (χ4v) is 3.76. The Hall–Kier alpha value is -3.35. The highest BCUT2D eigenvalue weighted by Gasteiger charge is 2.38. The molecule has 160 valence electrons. The number of carbonyl (C=O) groups excluding carboxylic acids is 2. The first-order chi connectivity index (χ1) is 15.0. The topological polar surface area (TPSA) is 94.6 Å². The lowest BCUT2D eigenvalue weighted by atomic mass is 10.0. The lowest BCUT2D eigenvalue weighted by Crippen LogP contribution is -2.38. The van der Waals surface area contributed by atoms with Crippen LogP contribution in [0.4, 0.5) is 11.4 Å². The highest BCUT2D eigenvalue weighted by molar-refractivity contribution is 6.06. The Morgan fingerprint density at radius 2 is 1.87 bits per heavy atom. The maximum absolute atomic E-state index is 12.6. The van der Waals surface area contributed by atoms with Crippen LogP contribution in [0.5, 0.6) is 0 Å². The molecule has 0 radical (unpaired) electrons. The third-order valence-corrected chi connectivity index (χ3v) is 6.06. The number of aliphatic imine (C=N–C) groups is 1. The van der Waals surface area contributed by atoms with Crippen molar-refractivity contribution in [3.05, 3.63) is 59.2 Å². The lowest BCUT2D eigenvalue weighted by Gasteiger charge is -2.15. The predicted molar refractivity (Wildman–Crippen MR) is 121 cm³/mol. The van der Waals surface area contributed by atoms with E-state index >= 15 is 0 Å². The van der Waals surface area contributed by atoms with Gasteiger partial charge in [0.1, 0.15) is 0 Å². The number of amides is 2. The Morgan fingerprint density at radius 1 is 1.06 bits per heavy atom. The van der Waals surface area contributed by atoms with Crippen molar-refractivity contribution in [2.45, 2.75) is 44.1 Å². The average molecular weight is 418 g/mol. The number of nitrogens with zero attached hydrogens (tertiary/aromatic N) is 1. The van der Waals surface area contributed by atoms with E-state index in [4.69, 9.17) is 0 Å². The van der Waals surface area contributed by atoms with E-state index < -0.39 is 0 Å². The molecule has 0 aromatic heterocycles. The number of rotatable bonds is 6. The number of anilines is 2. The summed E-state index contributed by atoms with van der Waals surface area (Å²) in [7, 11) is 0. The zero-order chi connectivity index (χ0) is 21.4. The van der Waals surface area contributed by atoms with Crippen molar-refractivity contribution in [2.75, 3.05) is 18.4 Å². The second-order valence-electron chi connectivity index (χ2n) is 8.91. The average Bonchev–Trinajstić information content (AvgIpc) is 3.68. The van der Waals surface area contributed by atoms with Crippen LogP contribution in [0, 0.1) is 0 Å². The van der Waals surface area contributed by atoms with Gasteiger partial charge < -0.3 is 16.0 Å². The fraction of sp³-hybridized carbons (Fsp3) is 0.375. The zero-order valence-electron chi connectivity index (χ0n) is 17.6. The first kappa shape index (κ1) is 19.6. The first-order valence-electron chi connectivity index (χ1n) is 10.9. The summed E-state index contributed by atoms with van der Waals surface area (Å²) in [6.45, 7) is 3.51. The van der Waals surface area contributed by atoms with Crippen LogP contribution >= 0.6 is 0 Å². The van der Waals surface area contributed by atoms with E-state index in [1.807, 2.05) is 42.5 Å². The van der Waals surface area contributed by atoms with E-state index in [2.05, 4.69) is 33.2 Å². The fourth-order valence-electron chi connectivity index (χ4n) is 3.76. The third kappa shape index (κ3) is 4.55. The summed E-state index contributed by atoms with van der Waals surface area (Å²) in [6.07, 6.45) is 4.31. The van der Waals surface area contributed by atoms with Crippen LogP contribution in [0.2, 0.25) is 0 Å². The van der Waals surface area contributed by atoms with Crippen molar-refractivity contribution in [3.63, 3.8) is 0 Å². The molecule has 2 aromatic carbocycles. The van der Waals surface area contributed by atoms with Crippen LogP contribution in [-0.4, -0.2) is 36.4 Å². The molecule has 2 fully saturated rings. The number of benzene rings is 2. The molecule has 7 heteroatoms. The number of guanidine groups is 1. The van der Waals surface area contributed by atoms with Gasteiger partial charge in [-0.1, -0.05) is 6.07 Å². The maximum Gasteiger partial charge on any atom is 0.257 e. The molecule has 0 atom stereocenters. The molecule has 7 nitrogen and oxygen atoms in total. The molecule has 0 saturated heterocycles. The molecule has 4 N–H and O–H groups in total. The van der Waals surface area contributed by atoms with Crippen LogP contribution in [-0.2, 0) is 0 Å². The van der Waals surface area contributed by atoms with Crippen molar-refractivity contribution in [1.82, 2.24) is 16.0 Å². The van der Waals surface area contributed by atoms with Gasteiger partial charge >= 0.3 is 0 Å². The SMILES string of the molecule is CC1(NC(=O)c2cccc(Nc3ccc(C(=O)NC4=NCCN4)cc3C3CC3)c2)CC1. The van der Waals surface area contributed by atoms with Gasteiger partial charge in [-0.3, -0.25) is 19.9 Å². The first-order valence-corrected chi connectivity index (χ1v) is 10.9. The van der Waals surface area contributed by atoms with Gasteiger partial charge in [0.15, 0.2) is 5.96 Å². The van der Waals surface area contributed by atoms with Gasteiger partial charge in [0.2, 0.25) is 0 Å². The van der Waals surface area contributed by atoms with Crippen molar-refractivity contribution < 1.29 is 9.59 Å². The summed E-state index contributed by atoms with van der Waals surface area (Å²) >= 11 is 0. The molecular weight excluding hydrogens is 390 g/mol. The summed E-state index contributed by atoms with van der Waals surface area (Å²) < 4.78 is 0. The predicted octanol–water partition coefficient (Wildman–Crippen LogP) is 3.28. The molecule has 2 aromatic rings. The minimum atomic E-state index is -0.158. The highest BCUT2D eigenvalue weighted by Crippen LogP contribution is 2.44. The van der Waals surface area contributed by atoms with Gasteiger partial charge in [-0.2, -0.15) is 0 Å². The van der Waals surface area contributed by atoms with Gasteiger partial charge in [-0.25, -0.2) is 0 Å². The van der Waals surface area contributed by atoms with E-state index in [1.54, 1.807) is 0 Å². The second kappa shape index (κ2) is 7.72. The highest BCUT2D eigenvalue weighted by atomic mass is 16.2. The van der Waals surface area contributed by atoms with Gasteiger partial charge in [-0.05, 0) is 80.5 Å².